The molecule has 0 fully saturated rings. The van der Waals surface area contributed by atoms with Gasteiger partial charge in [-0.2, -0.15) is 0 Å². The molecule has 0 saturated heterocycles. The minimum Gasteiger partial charge on any atom is -0.438 e. The third kappa shape index (κ3) is 4.79. The van der Waals surface area contributed by atoms with Crippen LogP contribution in [0.2, 0.25) is 0 Å². The minimum absolute atomic E-state index is 0.120. The van der Waals surface area contributed by atoms with Gasteiger partial charge in [0, 0.05) is 27.7 Å². The highest BCUT2D eigenvalue weighted by atomic mass is 16.5. The van der Waals surface area contributed by atoms with Crippen LogP contribution in [-0.4, -0.2) is 5.90 Å². The summed E-state index contributed by atoms with van der Waals surface area (Å²) < 4.78 is 6.33. The first-order valence-corrected chi connectivity index (χ1v) is 17.6. The predicted octanol–water partition coefficient (Wildman–Crippen LogP) is 13.3. The molecule has 0 saturated carbocycles. The third-order valence-corrected chi connectivity index (χ3v) is 10.3. The van der Waals surface area contributed by atoms with E-state index in [9.17, 15) is 0 Å². The Morgan fingerprint density at radius 1 is 0.404 bits per heavy atom. The Labute approximate surface area is 302 Å². The maximum absolute atomic E-state index is 8.79. The Morgan fingerprint density at radius 3 is 1.71 bits per heavy atom. The fraction of sp³-hybridized carbons (Fsp3) is 0. The van der Waals surface area contributed by atoms with Gasteiger partial charge in [-0.1, -0.05) is 140 Å². The molecular formula is C49H32N2O. The van der Waals surface area contributed by atoms with Crippen molar-refractivity contribution in [3.8, 4) is 39.1 Å². The largest absolute Gasteiger partial charge is 0.438 e. The lowest BCUT2D eigenvalue weighted by Crippen LogP contribution is -2.11. The van der Waals surface area contributed by atoms with E-state index in [4.69, 9.17) is 10.1 Å². The van der Waals surface area contributed by atoms with Gasteiger partial charge in [0.1, 0.15) is 5.75 Å². The summed E-state index contributed by atoms with van der Waals surface area (Å²) >= 11 is 0. The summed E-state index contributed by atoms with van der Waals surface area (Å²) in [4.78, 5) is 2.37. The van der Waals surface area contributed by atoms with Crippen molar-refractivity contribution in [3.05, 3.63) is 194 Å². The zero-order valence-electron chi connectivity index (χ0n) is 28.3. The van der Waals surface area contributed by atoms with Crippen LogP contribution < -0.4 is 9.64 Å². The number of nitrogens with zero attached hydrogens (tertiary/aromatic N) is 1. The van der Waals surface area contributed by atoms with Crippen molar-refractivity contribution in [1.29, 1.82) is 5.41 Å². The Morgan fingerprint density at radius 2 is 0.981 bits per heavy atom. The average Bonchev–Trinajstić information content (AvgIpc) is 3.33. The van der Waals surface area contributed by atoms with Crippen LogP contribution in [0.3, 0.4) is 0 Å². The van der Waals surface area contributed by atoms with E-state index in [1.165, 1.54) is 44.2 Å². The summed E-state index contributed by atoms with van der Waals surface area (Å²) in [7, 11) is 0. The number of nitrogens with one attached hydrogen (secondary N) is 1. The van der Waals surface area contributed by atoms with Gasteiger partial charge in [0.15, 0.2) is 0 Å². The Hall–Kier alpha value is -6.97. The second kappa shape index (κ2) is 12.1. The molecular weight excluding hydrogens is 633 g/mol. The Balaban J connectivity index is 1.21. The van der Waals surface area contributed by atoms with Gasteiger partial charge in [-0.15, -0.1) is 0 Å². The molecule has 1 aliphatic rings. The van der Waals surface area contributed by atoms with E-state index >= 15 is 0 Å². The third-order valence-electron chi connectivity index (χ3n) is 10.3. The molecule has 10 rings (SSSR count). The maximum atomic E-state index is 8.79. The van der Waals surface area contributed by atoms with Gasteiger partial charge >= 0.3 is 0 Å². The van der Waals surface area contributed by atoms with Gasteiger partial charge in [0.25, 0.3) is 0 Å². The Kier molecular flexibility index (Phi) is 6.97. The summed E-state index contributed by atoms with van der Waals surface area (Å²) in [6, 6.07) is 66.2. The second-order valence-corrected chi connectivity index (χ2v) is 13.2. The smallest absolute Gasteiger partial charge is 0.219 e. The number of fused-ring (bicyclic) bond motifs is 8. The van der Waals surface area contributed by atoms with Crippen LogP contribution in [0.4, 0.5) is 17.1 Å². The molecule has 0 radical (unpaired) electrons. The van der Waals surface area contributed by atoms with Crippen molar-refractivity contribution in [1.82, 2.24) is 0 Å². The molecule has 0 aliphatic heterocycles. The van der Waals surface area contributed by atoms with E-state index in [1.807, 2.05) is 42.5 Å². The van der Waals surface area contributed by atoms with Crippen molar-refractivity contribution in [2.75, 3.05) is 4.90 Å². The highest BCUT2D eigenvalue weighted by Gasteiger charge is 2.24. The normalized spacial score (nSPS) is 11.5. The zero-order valence-corrected chi connectivity index (χ0v) is 28.3. The molecule has 0 amide bonds. The van der Waals surface area contributed by atoms with E-state index < -0.39 is 0 Å². The molecule has 3 nitrogen and oxygen atoms in total. The molecule has 1 N–H and O–H groups in total. The Bertz CT molecular complexity index is 2790. The number of rotatable bonds is 5. The number of para-hydroxylation sites is 1. The first-order valence-electron chi connectivity index (χ1n) is 17.6. The SMILES string of the molecule is N=C(Oc1cccc2ccc3ccc(N(c4ccccc4)c4ccc5c6c(cccc46)-c4ccccc4-c4ccccc4-5)cc3c12)c1ccccc1. The molecule has 9 aromatic rings. The number of anilines is 3. The molecule has 1 aliphatic carbocycles. The summed E-state index contributed by atoms with van der Waals surface area (Å²) in [5.74, 6) is 0.783. The topological polar surface area (TPSA) is 36.3 Å². The molecule has 0 bridgehead atoms. The van der Waals surface area contributed by atoms with Crippen molar-refractivity contribution in [3.63, 3.8) is 0 Å². The highest BCUT2D eigenvalue weighted by molar-refractivity contribution is 6.18. The molecule has 0 unspecified atom stereocenters. The lowest BCUT2D eigenvalue weighted by Gasteiger charge is -2.28. The van der Waals surface area contributed by atoms with Gasteiger partial charge in [-0.3, -0.25) is 5.41 Å². The van der Waals surface area contributed by atoms with Crippen LogP contribution in [0, 0.1) is 5.41 Å². The van der Waals surface area contributed by atoms with Crippen LogP contribution in [0.5, 0.6) is 5.75 Å². The van der Waals surface area contributed by atoms with Crippen LogP contribution >= 0.6 is 0 Å². The van der Waals surface area contributed by atoms with Crippen molar-refractivity contribution < 1.29 is 4.74 Å². The zero-order chi connectivity index (χ0) is 34.6. The minimum atomic E-state index is 0.120. The van der Waals surface area contributed by atoms with E-state index in [2.05, 4.69) is 150 Å². The summed E-state index contributed by atoms with van der Waals surface area (Å²) in [5, 5.41) is 15.4. The van der Waals surface area contributed by atoms with E-state index in [0.29, 0.717) is 5.75 Å². The van der Waals surface area contributed by atoms with Crippen LogP contribution in [0.15, 0.2) is 188 Å². The monoisotopic (exact) mass is 664 g/mol. The van der Waals surface area contributed by atoms with Crippen molar-refractivity contribution in [2.24, 2.45) is 0 Å². The van der Waals surface area contributed by atoms with Gasteiger partial charge < -0.3 is 9.64 Å². The molecule has 3 heteroatoms. The van der Waals surface area contributed by atoms with Crippen LogP contribution in [0.1, 0.15) is 5.56 Å². The number of ether oxygens (including phenoxy) is 1. The molecule has 0 aromatic heterocycles. The summed E-state index contributed by atoms with van der Waals surface area (Å²) in [6.07, 6.45) is 0. The lowest BCUT2D eigenvalue weighted by molar-refractivity contribution is 0.554. The number of benzene rings is 9. The molecule has 9 aromatic carbocycles. The quantitative estimate of drug-likeness (QED) is 0.113. The fourth-order valence-corrected chi connectivity index (χ4v) is 7.99. The van der Waals surface area contributed by atoms with Crippen molar-refractivity contribution >= 4 is 55.3 Å². The van der Waals surface area contributed by atoms with E-state index in [0.717, 1.165) is 44.2 Å². The van der Waals surface area contributed by atoms with Crippen LogP contribution in [-0.2, 0) is 0 Å². The molecule has 244 valence electrons. The predicted molar refractivity (Wildman–Crippen MR) is 217 cm³/mol. The lowest BCUT2D eigenvalue weighted by atomic mass is 9.92. The molecule has 0 heterocycles. The molecule has 0 spiro atoms. The maximum Gasteiger partial charge on any atom is 0.219 e. The highest BCUT2D eigenvalue weighted by Crippen LogP contribution is 2.51. The molecule has 52 heavy (non-hydrogen) atoms. The standard InChI is InChI=1S/C49H32N2O/c50-49(34-13-3-1-4-14-34)52-46-24-11-15-33-26-25-32-27-28-36(31-44(32)47(33)46)51(35-16-5-2-6-17-35)45-30-29-42-40-21-10-8-19-38(40)37-18-7-9-20-39(37)41-22-12-23-43(45)48(41)42/h1-31,50H. The number of hydrogen-bond acceptors (Lipinski definition) is 3. The molecule has 0 atom stereocenters. The first kappa shape index (κ1) is 29.9. The summed E-state index contributed by atoms with van der Waals surface area (Å²) in [5.41, 5.74) is 11.4. The second-order valence-electron chi connectivity index (χ2n) is 13.2. The van der Waals surface area contributed by atoms with Crippen LogP contribution in [0.25, 0.3) is 65.7 Å². The van der Waals surface area contributed by atoms with E-state index in [1.54, 1.807) is 0 Å². The van der Waals surface area contributed by atoms with Crippen molar-refractivity contribution in [2.45, 2.75) is 0 Å². The average molecular weight is 665 g/mol. The van der Waals surface area contributed by atoms with Gasteiger partial charge in [0.05, 0.1) is 5.69 Å². The van der Waals surface area contributed by atoms with Gasteiger partial charge in [-0.05, 0) is 103 Å². The van der Waals surface area contributed by atoms with E-state index in [-0.39, 0.29) is 5.90 Å². The number of hydrogen-bond donors (Lipinski definition) is 1. The summed E-state index contributed by atoms with van der Waals surface area (Å²) in [6.45, 7) is 0. The fourth-order valence-electron chi connectivity index (χ4n) is 7.99. The van der Waals surface area contributed by atoms with Gasteiger partial charge in [0.2, 0.25) is 5.90 Å². The van der Waals surface area contributed by atoms with Gasteiger partial charge in [-0.25, -0.2) is 0 Å². The first-order chi connectivity index (χ1) is 25.7.